The van der Waals surface area contributed by atoms with Crippen molar-refractivity contribution in [2.75, 3.05) is 24.2 Å². The van der Waals surface area contributed by atoms with E-state index in [1.165, 1.54) is 0 Å². The average Bonchev–Trinajstić information content (AvgIpc) is 2.83. The van der Waals surface area contributed by atoms with Gasteiger partial charge in [-0.05, 0) is 30.3 Å². The Morgan fingerprint density at radius 3 is 2.50 bits per heavy atom. The van der Waals surface area contributed by atoms with Gasteiger partial charge in [-0.3, -0.25) is 19.3 Å². The number of carbonyl (C=O) groups is 4. The molecule has 2 aliphatic rings. The largest absolute Gasteiger partial charge is 0.460 e. The summed E-state index contributed by atoms with van der Waals surface area (Å²) in [6, 6.07) is 11.6. The summed E-state index contributed by atoms with van der Waals surface area (Å²) in [5.74, 6) is -0.767. The third kappa shape index (κ3) is 3.38. The first-order valence-electron chi connectivity index (χ1n) is 8.73. The van der Waals surface area contributed by atoms with E-state index >= 15 is 0 Å². The third-order valence-corrected chi connectivity index (χ3v) is 5.58. The fourth-order valence-electron chi connectivity index (χ4n) is 3.10. The van der Waals surface area contributed by atoms with E-state index in [0.717, 1.165) is 9.80 Å². The van der Waals surface area contributed by atoms with Crippen LogP contribution in [0.4, 0.5) is 5.69 Å². The van der Waals surface area contributed by atoms with Gasteiger partial charge in [0.2, 0.25) is 5.91 Å². The molecule has 0 saturated carbocycles. The first-order valence-corrected chi connectivity index (χ1v) is 9.72. The molecule has 0 aromatic heterocycles. The van der Waals surface area contributed by atoms with E-state index in [-0.39, 0.29) is 30.9 Å². The Labute approximate surface area is 165 Å². The number of thioether (sulfide) groups is 1. The number of hydrogen-bond acceptors (Lipinski definition) is 6. The van der Waals surface area contributed by atoms with Crippen molar-refractivity contribution in [3.05, 3.63) is 59.2 Å². The Morgan fingerprint density at radius 1 is 1.07 bits per heavy atom. The van der Waals surface area contributed by atoms with Crippen LogP contribution in [0.15, 0.2) is 47.4 Å². The van der Waals surface area contributed by atoms with Crippen molar-refractivity contribution in [1.82, 2.24) is 4.90 Å². The van der Waals surface area contributed by atoms with Crippen LogP contribution in [0, 0.1) is 0 Å². The molecule has 142 valence electrons. The molecule has 2 aromatic rings. The van der Waals surface area contributed by atoms with E-state index in [0.29, 0.717) is 34.6 Å². The van der Waals surface area contributed by atoms with Crippen molar-refractivity contribution in [2.24, 2.45) is 0 Å². The molecule has 0 aliphatic carbocycles. The van der Waals surface area contributed by atoms with E-state index in [4.69, 9.17) is 4.74 Å². The molecule has 0 spiro atoms. The van der Waals surface area contributed by atoms with Crippen LogP contribution in [-0.4, -0.2) is 47.5 Å². The van der Waals surface area contributed by atoms with Crippen molar-refractivity contribution in [2.45, 2.75) is 11.3 Å². The molecule has 2 aromatic carbocycles. The first kappa shape index (κ1) is 18.2. The van der Waals surface area contributed by atoms with E-state index in [2.05, 4.69) is 5.32 Å². The lowest BCUT2D eigenvalue weighted by molar-refractivity contribution is -0.115. The molecule has 0 radical (unpaired) electrons. The van der Waals surface area contributed by atoms with Crippen LogP contribution < -0.4 is 5.32 Å². The summed E-state index contributed by atoms with van der Waals surface area (Å²) in [5, 5.41) is 2.78. The SMILES string of the molecule is O=C1CCSc2ccc(C(=O)OCCN3C(=O)c4ccccc4C3=O)cc2N1. The number of ether oxygens (including phenoxy) is 1. The second kappa shape index (κ2) is 7.47. The fraction of sp³-hybridized carbons (Fsp3) is 0.200. The molecule has 3 amide bonds. The zero-order chi connectivity index (χ0) is 19.7. The minimum atomic E-state index is -0.581. The van der Waals surface area contributed by atoms with Crippen molar-refractivity contribution in [3.63, 3.8) is 0 Å². The predicted molar refractivity (Wildman–Crippen MR) is 103 cm³/mol. The van der Waals surface area contributed by atoms with Gasteiger partial charge < -0.3 is 10.1 Å². The zero-order valence-electron chi connectivity index (χ0n) is 14.8. The molecule has 0 fully saturated rings. The molecular formula is C20H16N2O5S. The normalized spacial score (nSPS) is 15.6. The highest BCUT2D eigenvalue weighted by Gasteiger charge is 2.34. The molecule has 0 atom stereocenters. The molecule has 28 heavy (non-hydrogen) atoms. The summed E-state index contributed by atoms with van der Waals surface area (Å²) in [6.07, 6.45) is 0.416. The molecule has 0 unspecified atom stereocenters. The number of amides is 3. The highest BCUT2D eigenvalue weighted by molar-refractivity contribution is 7.99. The topological polar surface area (TPSA) is 92.8 Å². The van der Waals surface area contributed by atoms with Crippen LogP contribution in [-0.2, 0) is 9.53 Å². The number of benzene rings is 2. The molecule has 8 heteroatoms. The Hall–Kier alpha value is -3.13. The Morgan fingerprint density at radius 2 is 1.79 bits per heavy atom. The molecule has 0 saturated heterocycles. The monoisotopic (exact) mass is 396 g/mol. The molecule has 4 rings (SSSR count). The van der Waals surface area contributed by atoms with Crippen molar-refractivity contribution in [1.29, 1.82) is 0 Å². The van der Waals surface area contributed by atoms with Gasteiger partial charge >= 0.3 is 5.97 Å². The van der Waals surface area contributed by atoms with Gasteiger partial charge in [0.25, 0.3) is 11.8 Å². The second-order valence-electron chi connectivity index (χ2n) is 6.30. The maximum atomic E-state index is 12.3. The van der Waals surface area contributed by atoms with Gasteiger partial charge in [-0.15, -0.1) is 11.8 Å². The van der Waals surface area contributed by atoms with Crippen molar-refractivity contribution >= 4 is 41.1 Å². The Bertz CT molecular complexity index is 969. The summed E-state index contributed by atoms with van der Waals surface area (Å²) in [7, 11) is 0. The summed E-state index contributed by atoms with van der Waals surface area (Å²) in [6.45, 7) is -0.127. The lowest BCUT2D eigenvalue weighted by Crippen LogP contribution is -2.33. The minimum Gasteiger partial charge on any atom is -0.460 e. The maximum absolute atomic E-state index is 12.3. The van der Waals surface area contributed by atoms with Crippen molar-refractivity contribution in [3.8, 4) is 0 Å². The average molecular weight is 396 g/mol. The molecule has 1 N–H and O–H groups in total. The van der Waals surface area contributed by atoms with Crippen LogP contribution in [0.5, 0.6) is 0 Å². The van der Waals surface area contributed by atoms with Gasteiger partial charge in [0.05, 0.1) is 28.9 Å². The maximum Gasteiger partial charge on any atom is 0.338 e. The fourth-order valence-corrected chi connectivity index (χ4v) is 4.04. The predicted octanol–water partition coefficient (Wildman–Crippen LogP) is 2.57. The number of fused-ring (bicyclic) bond motifs is 2. The molecular weight excluding hydrogens is 380 g/mol. The number of carbonyl (C=O) groups excluding carboxylic acids is 4. The Kier molecular flexibility index (Phi) is 4.87. The number of rotatable bonds is 4. The van der Waals surface area contributed by atoms with Crippen molar-refractivity contribution < 1.29 is 23.9 Å². The lowest BCUT2D eigenvalue weighted by Gasteiger charge is -2.14. The number of imide groups is 1. The Balaban J connectivity index is 1.39. The van der Waals surface area contributed by atoms with Crippen LogP contribution in [0.2, 0.25) is 0 Å². The number of nitrogens with one attached hydrogen (secondary N) is 1. The van der Waals surface area contributed by atoms with E-state index in [1.54, 1.807) is 54.2 Å². The molecule has 2 heterocycles. The minimum absolute atomic E-state index is 0.0182. The van der Waals surface area contributed by atoms with Gasteiger partial charge in [-0.25, -0.2) is 4.79 Å². The number of esters is 1. The quantitative estimate of drug-likeness (QED) is 0.631. The summed E-state index contributed by atoms with van der Waals surface area (Å²) < 4.78 is 5.23. The molecule has 2 aliphatic heterocycles. The molecule has 0 bridgehead atoms. The lowest BCUT2D eigenvalue weighted by atomic mass is 10.1. The van der Waals surface area contributed by atoms with E-state index in [9.17, 15) is 19.2 Å². The number of hydrogen-bond donors (Lipinski definition) is 1. The summed E-state index contributed by atoms with van der Waals surface area (Å²) in [5.41, 5.74) is 1.60. The molecule has 7 nitrogen and oxygen atoms in total. The van der Waals surface area contributed by atoms with Crippen LogP contribution >= 0.6 is 11.8 Å². The van der Waals surface area contributed by atoms with Crippen LogP contribution in [0.3, 0.4) is 0 Å². The first-order chi connectivity index (χ1) is 13.5. The van der Waals surface area contributed by atoms with Gasteiger partial charge in [0.15, 0.2) is 0 Å². The van der Waals surface area contributed by atoms with E-state index in [1.807, 2.05) is 0 Å². The highest BCUT2D eigenvalue weighted by atomic mass is 32.2. The van der Waals surface area contributed by atoms with Crippen LogP contribution in [0.25, 0.3) is 0 Å². The highest BCUT2D eigenvalue weighted by Crippen LogP contribution is 2.31. The smallest absolute Gasteiger partial charge is 0.338 e. The van der Waals surface area contributed by atoms with E-state index < -0.39 is 5.97 Å². The third-order valence-electron chi connectivity index (χ3n) is 4.50. The second-order valence-corrected chi connectivity index (χ2v) is 7.44. The van der Waals surface area contributed by atoms with Gasteiger partial charge in [0.1, 0.15) is 6.61 Å². The number of nitrogens with zero attached hydrogens (tertiary/aromatic N) is 1. The standard InChI is InChI=1S/C20H16N2O5S/c23-17-7-10-28-16-6-5-12(11-15(16)21-17)20(26)27-9-8-22-18(24)13-3-1-2-4-14(13)19(22)25/h1-6,11H,7-10H2,(H,21,23). The summed E-state index contributed by atoms with van der Waals surface area (Å²) in [4.78, 5) is 50.6. The van der Waals surface area contributed by atoms with Gasteiger partial charge in [-0.2, -0.15) is 0 Å². The number of anilines is 1. The zero-order valence-corrected chi connectivity index (χ0v) is 15.6. The van der Waals surface area contributed by atoms with Crippen LogP contribution in [0.1, 0.15) is 37.5 Å². The van der Waals surface area contributed by atoms with Gasteiger partial charge in [-0.1, -0.05) is 12.1 Å². The summed E-state index contributed by atoms with van der Waals surface area (Å²) >= 11 is 1.55. The van der Waals surface area contributed by atoms with Gasteiger partial charge in [0, 0.05) is 17.1 Å².